The average Bonchev–Trinajstić information content (AvgIpc) is 3.08. The van der Waals surface area contributed by atoms with Gasteiger partial charge in [-0.1, -0.05) is 0 Å². The summed E-state index contributed by atoms with van der Waals surface area (Å²) in [6.45, 7) is 1.65. The Hall–Kier alpha value is -3.23. The minimum atomic E-state index is -0.283. The minimum Gasteiger partial charge on any atom is -0.348 e. The normalized spacial score (nSPS) is 15.3. The third kappa shape index (κ3) is 3.03. The highest BCUT2D eigenvalue weighted by molar-refractivity contribution is 5.95. The van der Waals surface area contributed by atoms with Crippen molar-refractivity contribution in [2.45, 2.75) is 18.9 Å². The predicted molar refractivity (Wildman–Crippen MR) is 96.1 cm³/mol. The Morgan fingerprint density at radius 1 is 1.27 bits per heavy atom. The number of imidazole rings is 1. The van der Waals surface area contributed by atoms with Crippen LogP contribution in [0.25, 0.3) is 10.9 Å². The Labute approximate surface area is 149 Å². The maximum atomic E-state index is 12.5. The highest BCUT2D eigenvalue weighted by Crippen LogP contribution is 2.18. The highest BCUT2D eigenvalue weighted by atomic mass is 16.2. The molecule has 0 spiro atoms. The molecule has 0 bridgehead atoms. The molecule has 1 amide bonds. The summed E-state index contributed by atoms with van der Waals surface area (Å²) < 4.78 is 1.99. The summed E-state index contributed by atoms with van der Waals surface area (Å²) in [5, 5.41) is 3.37. The largest absolute Gasteiger partial charge is 0.348 e. The Kier molecular flexibility index (Phi) is 4.11. The third-order valence-electron chi connectivity index (χ3n) is 4.67. The number of rotatable bonds is 3. The van der Waals surface area contributed by atoms with E-state index in [2.05, 4.69) is 30.2 Å². The van der Waals surface area contributed by atoms with Crippen LogP contribution in [0.5, 0.6) is 0 Å². The number of hydrogen-bond acceptors (Lipinski definition) is 6. The molecular weight excluding hydrogens is 334 g/mol. The molecule has 0 saturated carbocycles. The molecule has 0 aliphatic carbocycles. The van der Waals surface area contributed by atoms with E-state index in [-0.39, 0.29) is 23.2 Å². The monoisotopic (exact) mass is 353 g/mol. The van der Waals surface area contributed by atoms with E-state index in [0.717, 1.165) is 31.9 Å². The van der Waals surface area contributed by atoms with E-state index in [4.69, 9.17) is 0 Å². The van der Waals surface area contributed by atoms with E-state index in [1.807, 2.05) is 17.8 Å². The fourth-order valence-electron chi connectivity index (χ4n) is 3.24. The van der Waals surface area contributed by atoms with Crippen molar-refractivity contribution in [1.29, 1.82) is 0 Å². The molecule has 0 aromatic carbocycles. The number of nitrogens with one attached hydrogen (secondary N) is 2. The molecule has 1 aliphatic rings. The molecule has 4 rings (SSSR count). The fourth-order valence-corrected chi connectivity index (χ4v) is 3.24. The zero-order valence-electron chi connectivity index (χ0n) is 14.3. The van der Waals surface area contributed by atoms with E-state index in [0.29, 0.717) is 10.9 Å². The molecule has 1 fully saturated rings. The van der Waals surface area contributed by atoms with Gasteiger partial charge in [0.2, 0.25) is 5.95 Å². The van der Waals surface area contributed by atoms with Crippen LogP contribution in [0.1, 0.15) is 23.3 Å². The number of H-pyrrole nitrogens is 1. The van der Waals surface area contributed by atoms with Crippen LogP contribution in [0.2, 0.25) is 0 Å². The number of carbonyl (C=O) groups excluding carboxylic acids is 1. The molecular formula is C17H19N7O2. The number of aromatic amines is 1. The molecule has 26 heavy (non-hydrogen) atoms. The first-order valence-electron chi connectivity index (χ1n) is 8.48. The fraction of sp³-hybridized carbons (Fsp3) is 0.353. The SMILES string of the molecule is Cn1ccnc1N1CCC(NC(=O)c2cc3c(=O)[nH]cnc3cn2)CC1. The lowest BCUT2D eigenvalue weighted by atomic mass is 10.1. The van der Waals surface area contributed by atoms with E-state index in [1.54, 1.807) is 6.20 Å². The summed E-state index contributed by atoms with van der Waals surface area (Å²) in [4.78, 5) is 41.6. The minimum absolute atomic E-state index is 0.0729. The number of hydrogen-bond donors (Lipinski definition) is 2. The Morgan fingerprint density at radius 3 is 2.81 bits per heavy atom. The molecule has 1 saturated heterocycles. The number of aromatic nitrogens is 5. The van der Waals surface area contributed by atoms with Crippen molar-refractivity contribution < 1.29 is 4.79 Å². The lowest BCUT2D eigenvalue weighted by Crippen LogP contribution is -2.45. The van der Waals surface area contributed by atoms with Crippen LogP contribution < -0.4 is 15.8 Å². The quantitative estimate of drug-likeness (QED) is 0.708. The van der Waals surface area contributed by atoms with E-state index in [1.165, 1.54) is 18.6 Å². The molecule has 4 heterocycles. The summed E-state index contributed by atoms with van der Waals surface area (Å²) in [5.41, 5.74) is 0.408. The van der Waals surface area contributed by atoms with Crippen molar-refractivity contribution in [3.63, 3.8) is 0 Å². The predicted octanol–water partition coefficient (Wildman–Crippen LogP) is 0.450. The Bertz CT molecular complexity index is 1000. The van der Waals surface area contributed by atoms with Gasteiger partial charge in [-0.25, -0.2) is 15.0 Å². The summed E-state index contributed by atoms with van der Waals surface area (Å²) in [7, 11) is 1.97. The number of aryl methyl sites for hydroxylation is 1. The highest BCUT2D eigenvalue weighted by Gasteiger charge is 2.23. The number of fused-ring (bicyclic) bond motifs is 1. The molecule has 134 valence electrons. The van der Waals surface area contributed by atoms with Crippen LogP contribution in [0.3, 0.4) is 0 Å². The number of piperidine rings is 1. The Balaban J connectivity index is 1.42. The second-order valence-corrected chi connectivity index (χ2v) is 6.39. The van der Waals surface area contributed by atoms with Crippen molar-refractivity contribution in [2.24, 2.45) is 7.05 Å². The van der Waals surface area contributed by atoms with Gasteiger partial charge in [0.25, 0.3) is 11.5 Å². The maximum absolute atomic E-state index is 12.5. The van der Waals surface area contributed by atoms with Crippen LogP contribution in [0.4, 0.5) is 5.95 Å². The summed E-state index contributed by atoms with van der Waals surface area (Å²) in [6, 6.07) is 1.56. The molecule has 3 aromatic heterocycles. The van der Waals surface area contributed by atoms with Gasteiger partial charge < -0.3 is 19.8 Å². The van der Waals surface area contributed by atoms with Gasteiger partial charge in [0.15, 0.2) is 0 Å². The smallest absolute Gasteiger partial charge is 0.270 e. The third-order valence-corrected chi connectivity index (χ3v) is 4.67. The van der Waals surface area contributed by atoms with Crippen molar-refractivity contribution in [2.75, 3.05) is 18.0 Å². The van der Waals surface area contributed by atoms with Gasteiger partial charge in [-0.05, 0) is 18.9 Å². The first-order valence-corrected chi connectivity index (χ1v) is 8.48. The summed E-state index contributed by atoms with van der Waals surface area (Å²) >= 11 is 0. The molecule has 0 atom stereocenters. The molecule has 9 nitrogen and oxygen atoms in total. The van der Waals surface area contributed by atoms with Gasteiger partial charge >= 0.3 is 0 Å². The zero-order chi connectivity index (χ0) is 18.1. The van der Waals surface area contributed by atoms with Gasteiger partial charge in [-0.2, -0.15) is 0 Å². The van der Waals surface area contributed by atoms with Crippen LogP contribution in [-0.4, -0.2) is 49.5 Å². The summed E-state index contributed by atoms with van der Waals surface area (Å²) in [6.07, 6.45) is 8.13. The lowest BCUT2D eigenvalue weighted by Gasteiger charge is -2.32. The van der Waals surface area contributed by atoms with Crippen molar-refractivity contribution in [3.05, 3.63) is 47.0 Å². The first kappa shape index (κ1) is 16.2. The number of amides is 1. The number of pyridine rings is 1. The molecule has 2 N–H and O–H groups in total. The lowest BCUT2D eigenvalue weighted by molar-refractivity contribution is 0.0926. The van der Waals surface area contributed by atoms with Gasteiger partial charge in [0, 0.05) is 38.6 Å². The zero-order valence-corrected chi connectivity index (χ0v) is 14.3. The van der Waals surface area contributed by atoms with Gasteiger partial charge in [0.05, 0.1) is 23.4 Å². The van der Waals surface area contributed by atoms with Gasteiger partial charge in [0.1, 0.15) is 5.69 Å². The molecule has 0 radical (unpaired) electrons. The standard InChI is InChI=1S/C17H19N7O2/c1-23-7-4-18-17(23)24-5-2-11(3-6-24)22-16(26)13-8-12-14(9-19-13)20-10-21-15(12)25/h4,7-11H,2-3,5-6H2,1H3,(H,22,26)(H,20,21,25). The maximum Gasteiger partial charge on any atom is 0.270 e. The van der Waals surface area contributed by atoms with Gasteiger partial charge in [-0.15, -0.1) is 0 Å². The molecule has 3 aromatic rings. The van der Waals surface area contributed by atoms with E-state index < -0.39 is 0 Å². The number of carbonyl (C=O) groups is 1. The van der Waals surface area contributed by atoms with Crippen LogP contribution >= 0.6 is 0 Å². The number of anilines is 1. The Morgan fingerprint density at radius 2 is 2.08 bits per heavy atom. The van der Waals surface area contributed by atoms with Crippen LogP contribution in [0, 0.1) is 0 Å². The van der Waals surface area contributed by atoms with Crippen molar-refractivity contribution >= 4 is 22.8 Å². The van der Waals surface area contributed by atoms with Crippen molar-refractivity contribution in [3.8, 4) is 0 Å². The number of nitrogens with zero attached hydrogens (tertiary/aromatic N) is 5. The molecule has 0 unspecified atom stereocenters. The molecule has 1 aliphatic heterocycles. The van der Waals surface area contributed by atoms with Gasteiger partial charge in [-0.3, -0.25) is 9.59 Å². The van der Waals surface area contributed by atoms with E-state index in [9.17, 15) is 9.59 Å². The van der Waals surface area contributed by atoms with Crippen LogP contribution in [-0.2, 0) is 7.05 Å². The molecule has 9 heteroatoms. The second-order valence-electron chi connectivity index (χ2n) is 6.39. The second kappa shape index (κ2) is 6.58. The van der Waals surface area contributed by atoms with Crippen LogP contribution in [0.15, 0.2) is 35.8 Å². The van der Waals surface area contributed by atoms with Crippen molar-refractivity contribution in [1.82, 2.24) is 29.8 Å². The first-order chi connectivity index (χ1) is 12.6. The van der Waals surface area contributed by atoms with E-state index >= 15 is 0 Å². The average molecular weight is 353 g/mol. The summed E-state index contributed by atoms with van der Waals surface area (Å²) in [5.74, 6) is 0.670. The topological polar surface area (TPSA) is 109 Å².